The van der Waals surface area contributed by atoms with E-state index >= 15 is 0 Å². The van der Waals surface area contributed by atoms with Crippen LogP contribution in [0.25, 0.3) is 22.1 Å². The van der Waals surface area contributed by atoms with Crippen LogP contribution in [0.3, 0.4) is 0 Å². The molecule has 1 amide bonds. The van der Waals surface area contributed by atoms with Crippen LogP contribution in [0.15, 0.2) is 59.8 Å². The van der Waals surface area contributed by atoms with E-state index in [2.05, 4.69) is 32.0 Å². The monoisotopic (exact) mass is 449 g/mol. The molecule has 0 aliphatic rings. The highest BCUT2D eigenvalue weighted by Gasteiger charge is 2.23. The number of aryl methyl sites for hydroxylation is 1. The molecule has 0 aliphatic carbocycles. The van der Waals surface area contributed by atoms with Crippen LogP contribution in [0.4, 0.5) is 0 Å². The zero-order valence-electron chi connectivity index (χ0n) is 17.8. The van der Waals surface area contributed by atoms with Gasteiger partial charge in [0.05, 0.1) is 18.4 Å². The minimum absolute atomic E-state index is 0.0432. The van der Waals surface area contributed by atoms with Gasteiger partial charge in [0.25, 0.3) is 0 Å². The second-order valence-corrected chi connectivity index (χ2v) is 8.10. The summed E-state index contributed by atoms with van der Waals surface area (Å²) in [6.45, 7) is 2.92. The van der Waals surface area contributed by atoms with E-state index < -0.39 is 12.0 Å². The van der Waals surface area contributed by atoms with Crippen molar-refractivity contribution in [2.45, 2.75) is 31.1 Å². The minimum Gasteiger partial charge on any atom is -0.467 e. The van der Waals surface area contributed by atoms with Gasteiger partial charge in [-0.05, 0) is 18.1 Å². The fourth-order valence-electron chi connectivity index (χ4n) is 3.57. The molecular formula is C23H23N5O3S. The van der Waals surface area contributed by atoms with Gasteiger partial charge >= 0.3 is 5.97 Å². The summed E-state index contributed by atoms with van der Waals surface area (Å²) in [6, 6.07) is 16.1. The molecule has 2 aromatic heterocycles. The summed E-state index contributed by atoms with van der Waals surface area (Å²) in [5.41, 5.74) is 3.22. The number of esters is 1. The smallest absolute Gasteiger partial charge is 0.333 e. The molecule has 2 heterocycles. The molecule has 9 heteroatoms. The van der Waals surface area contributed by atoms with Crippen molar-refractivity contribution >= 4 is 45.7 Å². The molecular weight excluding hydrogens is 426 g/mol. The number of carbonyl (C=O) groups excluding carboxylic acids is 2. The van der Waals surface area contributed by atoms with Crippen molar-refractivity contribution in [1.82, 2.24) is 25.1 Å². The van der Waals surface area contributed by atoms with E-state index in [1.807, 2.05) is 30.3 Å². The lowest BCUT2D eigenvalue weighted by Gasteiger charge is -2.16. The SMILES string of the molecule is CCCn1c2ccccc2c2nnc(SCC(=O)NC(C(=O)OC)c3ccccc3)nc21. The zero-order chi connectivity index (χ0) is 22.5. The number of hydrogen-bond donors (Lipinski definition) is 1. The number of methoxy groups -OCH3 is 1. The average molecular weight is 450 g/mol. The van der Waals surface area contributed by atoms with E-state index in [0.717, 1.165) is 35.0 Å². The second kappa shape index (κ2) is 9.78. The van der Waals surface area contributed by atoms with E-state index in [1.54, 1.807) is 24.3 Å². The maximum atomic E-state index is 12.6. The number of carbonyl (C=O) groups is 2. The largest absolute Gasteiger partial charge is 0.467 e. The van der Waals surface area contributed by atoms with Crippen molar-refractivity contribution in [3.8, 4) is 0 Å². The summed E-state index contributed by atoms with van der Waals surface area (Å²) >= 11 is 1.17. The van der Waals surface area contributed by atoms with Gasteiger partial charge in [-0.25, -0.2) is 9.78 Å². The Hall–Kier alpha value is -3.46. The van der Waals surface area contributed by atoms with Crippen LogP contribution in [0.1, 0.15) is 24.9 Å². The molecule has 2 aromatic carbocycles. The molecule has 0 aliphatic heterocycles. The van der Waals surface area contributed by atoms with E-state index in [-0.39, 0.29) is 11.7 Å². The van der Waals surface area contributed by atoms with Crippen LogP contribution >= 0.6 is 11.8 Å². The first kappa shape index (κ1) is 21.8. The molecule has 1 unspecified atom stereocenters. The van der Waals surface area contributed by atoms with E-state index in [1.165, 1.54) is 18.9 Å². The third-order valence-corrected chi connectivity index (χ3v) is 5.85. The topological polar surface area (TPSA) is 99.0 Å². The normalized spacial score (nSPS) is 12.1. The maximum Gasteiger partial charge on any atom is 0.333 e. The predicted molar refractivity (Wildman–Crippen MR) is 123 cm³/mol. The van der Waals surface area contributed by atoms with Gasteiger partial charge in [-0.3, -0.25) is 4.79 Å². The number of thioether (sulfide) groups is 1. The first-order valence-corrected chi connectivity index (χ1v) is 11.3. The number of amides is 1. The standard InChI is InChI=1S/C23H23N5O3S/c1-3-13-28-17-12-8-7-11-16(17)20-21(28)25-23(27-26-20)32-14-18(29)24-19(22(30)31-2)15-9-5-4-6-10-15/h4-12,19H,3,13-14H2,1-2H3,(H,24,29). The van der Waals surface area contributed by atoms with Crippen LogP contribution in [-0.2, 0) is 20.9 Å². The van der Waals surface area contributed by atoms with E-state index in [0.29, 0.717) is 10.7 Å². The third-order valence-electron chi connectivity index (χ3n) is 5.01. The fourth-order valence-corrected chi connectivity index (χ4v) is 4.17. The van der Waals surface area contributed by atoms with Crippen molar-refractivity contribution in [1.29, 1.82) is 0 Å². The van der Waals surface area contributed by atoms with E-state index in [4.69, 9.17) is 4.74 Å². The summed E-state index contributed by atoms with van der Waals surface area (Å²) in [4.78, 5) is 29.4. The van der Waals surface area contributed by atoms with Crippen LogP contribution in [-0.4, -0.2) is 44.5 Å². The maximum absolute atomic E-state index is 12.6. The van der Waals surface area contributed by atoms with Gasteiger partial charge in [0.1, 0.15) is 5.52 Å². The molecule has 4 rings (SSSR count). The van der Waals surface area contributed by atoms with Crippen LogP contribution in [0, 0.1) is 0 Å². The van der Waals surface area contributed by atoms with Gasteiger partial charge < -0.3 is 14.6 Å². The molecule has 0 radical (unpaired) electrons. The molecule has 8 nitrogen and oxygen atoms in total. The quantitative estimate of drug-likeness (QED) is 0.325. The molecule has 164 valence electrons. The minimum atomic E-state index is -0.872. The fraction of sp³-hybridized carbons (Fsp3) is 0.261. The Balaban J connectivity index is 1.52. The number of para-hydroxylation sites is 1. The van der Waals surface area contributed by atoms with Crippen molar-refractivity contribution in [2.24, 2.45) is 0 Å². The number of fused-ring (bicyclic) bond motifs is 3. The van der Waals surface area contributed by atoms with Crippen LogP contribution in [0.2, 0.25) is 0 Å². The molecule has 1 N–H and O–H groups in total. The van der Waals surface area contributed by atoms with Gasteiger partial charge in [0, 0.05) is 11.9 Å². The molecule has 0 fully saturated rings. The lowest BCUT2D eigenvalue weighted by molar-refractivity contribution is -0.145. The Morgan fingerprint density at radius 3 is 2.59 bits per heavy atom. The number of hydrogen-bond acceptors (Lipinski definition) is 7. The third kappa shape index (κ3) is 4.43. The lowest BCUT2D eigenvalue weighted by atomic mass is 10.1. The van der Waals surface area contributed by atoms with Crippen molar-refractivity contribution < 1.29 is 14.3 Å². The van der Waals surface area contributed by atoms with Crippen molar-refractivity contribution in [3.63, 3.8) is 0 Å². The molecule has 4 aromatic rings. The highest BCUT2D eigenvalue weighted by molar-refractivity contribution is 7.99. The number of benzene rings is 2. The highest BCUT2D eigenvalue weighted by atomic mass is 32.2. The molecule has 0 saturated heterocycles. The van der Waals surface area contributed by atoms with Crippen LogP contribution < -0.4 is 5.32 Å². The summed E-state index contributed by atoms with van der Waals surface area (Å²) in [5, 5.41) is 12.7. The molecule has 0 saturated carbocycles. The van der Waals surface area contributed by atoms with Gasteiger partial charge in [0.15, 0.2) is 11.7 Å². The summed E-state index contributed by atoms with van der Waals surface area (Å²) < 4.78 is 6.98. The molecule has 0 bridgehead atoms. The number of nitrogens with one attached hydrogen (secondary N) is 1. The van der Waals surface area contributed by atoms with Gasteiger partial charge in [-0.1, -0.05) is 67.2 Å². The number of ether oxygens (including phenoxy) is 1. The number of nitrogens with zero attached hydrogens (tertiary/aromatic N) is 4. The Morgan fingerprint density at radius 1 is 1.09 bits per heavy atom. The van der Waals surface area contributed by atoms with Gasteiger partial charge in [-0.15, -0.1) is 10.2 Å². The summed E-state index contributed by atoms with van der Waals surface area (Å²) in [6.07, 6.45) is 0.955. The number of rotatable bonds is 8. The second-order valence-electron chi connectivity index (χ2n) is 7.16. The Bertz CT molecular complexity index is 1260. The zero-order valence-corrected chi connectivity index (χ0v) is 18.6. The lowest BCUT2D eigenvalue weighted by Crippen LogP contribution is -2.35. The van der Waals surface area contributed by atoms with Gasteiger partial charge in [-0.2, -0.15) is 0 Å². The summed E-state index contributed by atoms with van der Waals surface area (Å²) in [7, 11) is 1.29. The molecule has 32 heavy (non-hydrogen) atoms. The van der Waals surface area contributed by atoms with Crippen LogP contribution in [0.5, 0.6) is 0 Å². The molecule has 1 atom stereocenters. The first-order chi connectivity index (χ1) is 15.6. The van der Waals surface area contributed by atoms with Crippen molar-refractivity contribution in [2.75, 3.05) is 12.9 Å². The Kier molecular flexibility index (Phi) is 6.65. The highest BCUT2D eigenvalue weighted by Crippen LogP contribution is 2.27. The first-order valence-electron chi connectivity index (χ1n) is 10.3. The predicted octanol–water partition coefficient (Wildman–Crippen LogP) is 3.51. The van der Waals surface area contributed by atoms with Gasteiger partial charge in [0.2, 0.25) is 11.1 Å². The molecule has 0 spiro atoms. The van der Waals surface area contributed by atoms with E-state index in [9.17, 15) is 9.59 Å². The van der Waals surface area contributed by atoms with Crippen molar-refractivity contribution in [3.05, 3.63) is 60.2 Å². The summed E-state index contributed by atoms with van der Waals surface area (Å²) in [5.74, 6) is -0.813. The Labute approximate surface area is 189 Å². The Morgan fingerprint density at radius 2 is 1.84 bits per heavy atom. The number of aromatic nitrogens is 4. The average Bonchev–Trinajstić information content (AvgIpc) is 3.14.